The van der Waals surface area contributed by atoms with Gasteiger partial charge in [-0.05, 0) is 37.3 Å². The van der Waals surface area contributed by atoms with Gasteiger partial charge in [-0.3, -0.25) is 9.89 Å². The van der Waals surface area contributed by atoms with Crippen molar-refractivity contribution in [3.05, 3.63) is 70.0 Å². The van der Waals surface area contributed by atoms with E-state index in [-0.39, 0.29) is 0 Å². The lowest BCUT2D eigenvalue weighted by molar-refractivity contribution is -0.144. The van der Waals surface area contributed by atoms with Gasteiger partial charge >= 0.3 is 5.97 Å². The van der Waals surface area contributed by atoms with E-state index in [1.54, 1.807) is 18.2 Å². The Labute approximate surface area is 143 Å². The number of H-pyrrole nitrogens is 1. The Morgan fingerprint density at radius 2 is 1.80 bits per heavy atom. The molecule has 126 valence electrons. The predicted octanol–water partition coefficient (Wildman–Crippen LogP) is 1.74. The minimum atomic E-state index is -1.38. The van der Waals surface area contributed by atoms with Gasteiger partial charge in [0.05, 0.1) is 17.0 Å². The monoisotopic (exact) mass is 336 g/mol. The first-order valence-electron chi connectivity index (χ1n) is 7.69. The molecule has 2 aromatic carbocycles. The summed E-state index contributed by atoms with van der Waals surface area (Å²) in [6.07, 6.45) is -1.22. The summed E-state index contributed by atoms with van der Waals surface area (Å²) >= 11 is 0. The number of carbonyl (C=O) groups is 1. The number of aromatic amines is 1. The number of carboxylic acid groups (broad SMARTS) is 1. The maximum atomic E-state index is 12.4. The topological polar surface area (TPSA) is 95.3 Å². The van der Waals surface area contributed by atoms with Gasteiger partial charge in [-0.25, -0.2) is 9.48 Å². The molecule has 1 aromatic heterocycles. The number of hydrogen-bond donors (Lipinski definition) is 3. The van der Waals surface area contributed by atoms with Gasteiger partial charge in [-0.1, -0.05) is 30.0 Å². The Kier molecular flexibility index (Phi) is 4.42. The Bertz CT molecular complexity index is 1040. The first-order valence-corrected chi connectivity index (χ1v) is 7.69. The zero-order chi connectivity index (χ0) is 18.0. The average Bonchev–Trinajstić information content (AvgIpc) is 2.89. The fourth-order valence-electron chi connectivity index (χ4n) is 2.61. The predicted molar refractivity (Wildman–Crippen MR) is 93.3 cm³/mol. The standard InChI is InChI=1S/C19H16N2O4/c1-12(22)17(19(24)25)21-18(23)15-10-9-14(11-16(15)20-21)8-7-13-5-3-2-4-6-13/h2-6,9-12,17,20,22H,1H3,(H,24,25)/t12-,17?/m1/s1. The molecule has 0 radical (unpaired) electrons. The molecule has 0 spiro atoms. The van der Waals surface area contributed by atoms with Crippen LogP contribution in [-0.2, 0) is 4.79 Å². The number of fused-ring (bicyclic) bond motifs is 1. The first kappa shape index (κ1) is 16.6. The van der Waals surface area contributed by atoms with Crippen molar-refractivity contribution in [1.29, 1.82) is 0 Å². The van der Waals surface area contributed by atoms with Crippen molar-refractivity contribution >= 4 is 16.9 Å². The summed E-state index contributed by atoms with van der Waals surface area (Å²) in [5.74, 6) is 4.75. The van der Waals surface area contributed by atoms with Crippen LogP contribution < -0.4 is 5.56 Å². The lowest BCUT2D eigenvalue weighted by Gasteiger charge is -2.15. The number of carboxylic acids is 1. The number of aliphatic hydroxyl groups excluding tert-OH is 1. The summed E-state index contributed by atoms with van der Waals surface area (Å²) in [6, 6.07) is 13.1. The largest absolute Gasteiger partial charge is 0.480 e. The maximum Gasteiger partial charge on any atom is 0.331 e. The van der Waals surface area contributed by atoms with Crippen molar-refractivity contribution < 1.29 is 15.0 Å². The van der Waals surface area contributed by atoms with Crippen LogP contribution in [0, 0.1) is 11.8 Å². The van der Waals surface area contributed by atoms with Gasteiger partial charge in [0.25, 0.3) is 5.56 Å². The third-order valence-corrected chi connectivity index (χ3v) is 3.82. The van der Waals surface area contributed by atoms with Crippen LogP contribution >= 0.6 is 0 Å². The molecule has 3 N–H and O–H groups in total. The van der Waals surface area contributed by atoms with Gasteiger partial charge in [0.2, 0.25) is 0 Å². The number of nitrogens with one attached hydrogen (secondary N) is 1. The quantitative estimate of drug-likeness (QED) is 0.635. The highest BCUT2D eigenvalue weighted by Crippen LogP contribution is 2.15. The molecular formula is C19H16N2O4. The molecule has 2 atom stereocenters. The van der Waals surface area contributed by atoms with Crippen molar-refractivity contribution in [3.63, 3.8) is 0 Å². The fraction of sp³-hybridized carbons (Fsp3) is 0.158. The van der Waals surface area contributed by atoms with E-state index in [4.69, 9.17) is 0 Å². The molecule has 6 heteroatoms. The van der Waals surface area contributed by atoms with Gasteiger partial charge in [0.15, 0.2) is 6.04 Å². The molecule has 1 heterocycles. The first-order chi connectivity index (χ1) is 12.0. The highest BCUT2D eigenvalue weighted by Gasteiger charge is 2.28. The van der Waals surface area contributed by atoms with Gasteiger partial charge in [0.1, 0.15) is 0 Å². The Morgan fingerprint density at radius 3 is 2.44 bits per heavy atom. The van der Waals surface area contributed by atoms with Crippen LogP contribution in [0.25, 0.3) is 10.9 Å². The van der Waals surface area contributed by atoms with Crippen LogP contribution in [0.15, 0.2) is 53.3 Å². The smallest absolute Gasteiger partial charge is 0.331 e. The number of benzene rings is 2. The zero-order valence-corrected chi connectivity index (χ0v) is 13.4. The number of hydrogen-bond acceptors (Lipinski definition) is 3. The van der Waals surface area contributed by atoms with Crippen LogP contribution in [0.3, 0.4) is 0 Å². The van der Waals surface area contributed by atoms with E-state index in [1.807, 2.05) is 30.3 Å². The molecule has 0 bridgehead atoms. The maximum absolute atomic E-state index is 12.4. The molecule has 0 aliphatic carbocycles. The average molecular weight is 336 g/mol. The molecule has 3 rings (SSSR count). The molecular weight excluding hydrogens is 320 g/mol. The number of aromatic nitrogens is 2. The van der Waals surface area contributed by atoms with Crippen LogP contribution in [0.4, 0.5) is 0 Å². The second-order valence-electron chi connectivity index (χ2n) is 5.69. The second kappa shape index (κ2) is 6.67. The summed E-state index contributed by atoms with van der Waals surface area (Å²) < 4.78 is 0.937. The minimum Gasteiger partial charge on any atom is -0.480 e. The van der Waals surface area contributed by atoms with E-state index in [0.717, 1.165) is 10.2 Å². The highest BCUT2D eigenvalue weighted by atomic mass is 16.4. The van der Waals surface area contributed by atoms with Gasteiger partial charge in [-0.2, -0.15) is 0 Å². The molecule has 0 fully saturated rings. The molecule has 0 amide bonds. The third-order valence-electron chi connectivity index (χ3n) is 3.82. The van der Waals surface area contributed by atoms with E-state index in [1.165, 1.54) is 6.92 Å². The highest BCUT2D eigenvalue weighted by molar-refractivity contribution is 5.81. The molecule has 0 saturated carbocycles. The molecule has 6 nitrogen and oxygen atoms in total. The van der Waals surface area contributed by atoms with E-state index in [0.29, 0.717) is 16.5 Å². The fourth-order valence-corrected chi connectivity index (χ4v) is 2.61. The van der Waals surface area contributed by atoms with Crippen molar-refractivity contribution in [2.75, 3.05) is 0 Å². The van der Waals surface area contributed by atoms with Crippen molar-refractivity contribution in [3.8, 4) is 11.8 Å². The zero-order valence-electron chi connectivity index (χ0n) is 13.4. The van der Waals surface area contributed by atoms with Crippen LogP contribution in [0.2, 0.25) is 0 Å². The van der Waals surface area contributed by atoms with Crippen molar-refractivity contribution in [1.82, 2.24) is 9.78 Å². The van der Waals surface area contributed by atoms with E-state index in [9.17, 15) is 19.8 Å². The molecule has 0 aliphatic heterocycles. The van der Waals surface area contributed by atoms with E-state index < -0.39 is 23.7 Å². The van der Waals surface area contributed by atoms with Gasteiger partial charge in [0, 0.05) is 11.1 Å². The van der Waals surface area contributed by atoms with Crippen molar-refractivity contribution in [2.24, 2.45) is 0 Å². The summed E-state index contributed by atoms with van der Waals surface area (Å²) in [6.45, 7) is 1.33. The van der Waals surface area contributed by atoms with E-state index in [2.05, 4.69) is 16.9 Å². The Balaban J connectivity index is 2.04. The summed E-state index contributed by atoms with van der Waals surface area (Å²) in [5.41, 5.74) is 1.53. The van der Waals surface area contributed by atoms with Crippen molar-refractivity contribution in [2.45, 2.75) is 19.1 Å². The summed E-state index contributed by atoms with van der Waals surface area (Å²) in [7, 11) is 0. The minimum absolute atomic E-state index is 0.345. The number of aliphatic carboxylic acids is 1. The molecule has 0 aliphatic rings. The Hall–Kier alpha value is -3.30. The number of aliphatic hydroxyl groups is 1. The molecule has 25 heavy (non-hydrogen) atoms. The van der Waals surface area contributed by atoms with Crippen LogP contribution in [0.5, 0.6) is 0 Å². The molecule has 1 unspecified atom stereocenters. The SMILES string of the molecule is C[C@@H](O)C(C(=O)O)n1[nH]c2cc(C#Cc3ccccc3)ccc2c1=O. The second-order valence-corrected chi connectivity index (χ2v) is 5.69. The molecule has 0 saturated heterocycles. The lowest BCUT2D eigenvalue weighted by Crippen LogP contribution is -2.35. The van der Waals surface area contributed by atoms with Crippen LogP contribution in [0.1, 0.15) is 24.1 Å². The summed E-state index contributed by atoms with van der Waals surface area (Å²) in [5, 5.41) is 22.0. The lowest BCUT2D eigenvalue weighted by atomic mass is 10.1. The number of nitrogens with zero attached hydrogens (tertiary/aromatic N) is 1. The van der Waals surface area contributed by atoms with Gasteiger partial charge < -0.3 is 10.2 Å². The Morgan fingerprint density at radius 1 is 1.12 bits per heavy atom. The normalized spacial score (nSPS) is 13.0. The van der Waals surface area contributed by atoms with E-state index >= 15 is 0 Å². The third kappa shape index (κ3) is 3.32. The van der Waals surface area contributed by atoms with Gasteiger partial charge in [-0.15, -0.1) is 0 Å². The van der Waals surface area contributed by atoms with Crippen LogP contribution in [-0.4, -0.2) is 32.1 Å². The number of rotatable bonds is 3. The summed E-state index contributed by atoms with van der Waals surface area (Å²) in [4.78, 5) is 23.7. The molecule has 3 aromatic rings.